The van der Waals surface area contributed by atoms with Gasteiger partial charge in [-0.2, -0.15) is 18.4 Å². The average molecular weight is 527 g/mol. The van der Waals surface area contributed by atoms with Crippen LogP contribution in [0.2, 0.25) is 0 Å². The van der Waals surface area contributed by atoms with Gasteiger partial charge in [-0.3, -0.25) is 10.1 Å². The van der Waals surface area contributed by atoms with Gasteiger partial charge in [0, 0.05) is 30.4 Å². The topological polar surface area (TPSA) is 101 Å². The highest BCUT2D eigenvalue weighted by molar-refractivity contribution is 5.82. The van der Waals surface area contributed by atoms with Crippen LogP contribution in [-0.4, -0.2) is 66.3 Å². The fourth-order valence-corrected chi connectivity index (χ4v) is 5.56. The zero-order valence-corrected chi connectivity index (χ0v) is 21.2. The maximum absolute atomic E-state index is 15.3. The van der Waals surface area contributed by atoms with E-state index in [4.69, 9.17) is 4.74 Å². The molecule has 12 heteroatoms. The van der Waals surface area contributed by atoms with Gasteiger partial charge in [0.2, 0.25) is 5.91 Å². The second-order valence-corrected chi connectivity index (χ2v) is 11.0. The van der Waals surface area contributed by atoms with Crippen LogP contribution in [0.4, 0.5) is 23.2 Å². The largest absolute Gasteiger partial charge is 0.407 e. The van der Waals surface area contributed by atoms with E-state index in [0.29, 0.717) is 31.7 Å². The number of halogens is 4. The monoisotopic (exact) mass is 526 g/mol. The fourth-order valence-electron chi connectivity index (χ4n) is 5.56. The number of hydrogen-bond donors (Lipinski definition) is 4. The van der Waals surface area contributed by atoms with Gasteiger partial charge < -0.3 is 15.4 Å². The van der Waals surface area contributed by atoms with E-state index in [1.54, 1.807) is 25.8 Å². The molecule has 8 nitrogen and oxygen atoms in total. The number of anilines is 1. The van der Waals surface area contributed by atoms with E-state index in [1.807, 2.05) is 0 Å². The van der Waals surface area contributed by atoms with Gasteiger partial charge in [0.25, 0.3) is 0 Å². The fraction of sp³-hybridized carbons (Fsp3) is 0.680. The van der Waals surface area contributed by atoms with Gasteiger partial charge in [-0.15, -0.1) is 0 Å². The van der Waals surface area contributed by atoms with Crippen molar-refractivity contribution in [2.45, 2.75) is 81.7 Å². The van der Waals surface area contributed by atoms with Crippen LogP contribution in [0.1, 0.15) is 51.6 Å². The van der Waals surface area contributed by atoms with E-state index < -0.39 is 41.6 Å². The predicted octanol–water partition coefficient (Wildman–Crippen LogP) is 3.15. The molecule has 204 valence electrons. The number of amides is 1. The van der Waals surface area contributed by atoms with Gasteiger partial charge in [0.15, 0.2) is 0 Å². The molecular weight excluding hydrogens is 492 g/mol. The molecule has 6 atom stereocenters. The van der Waals surface area contributed by atoms with Crippen molar-refractivity contribution >= 4 is 11.6 Å². The Morgan fingerprint density at radius 3 is 2.57 bits per heavy atom. The summed E-state index contributed by atoms with van der Waals surface area (Å²) in [7, 11) is 0. The molecule has 37 heavy (non-hydrogen) atoms. The number of hydrazine groups is 1. The molecule has 3 fully saturated rings. The molecule has 3 heterocycles. The van der Waals surface area contributed by atoms with Crippen LogP contribution in [0.25, 0.3) is 0 Å². The Kier molecular flexibility index (Phi) is 7.72. The third kappa shape index (κ3) is 5.70. The average Bonchev–Trinajstić information content (AvgIpc) is 3.19. The smallest absolute Gasteiger partial charge is 0.378 e. The van der Waals surface area contributed by atoms with E-state index >= 15 is 4.39 Å². The van der Waals surface area contributed by atoms with Crippen molar-refractivity contribution in [1.29, 1.82) is 5.26 Å². The van der Waals surface area contributed by atoms with Crippen molar-refractivity contribution < 1.29 is 27.1 Å². The number of nitriles is 1. The van der Waals surface area contributed by atoms with Gasteiger partial charge in [-0.05, 0) is 51.3 Å². The number of fused-ring (bicyclic) bond motifs is 1. The Bertz CT molecular complexity index is 1010. The first-order valence-electron chi connectivity index (χ1n) is 12.5. The third-order valence-corrected chi connectivity index (χ3v) is 7.29. The van der Waals surface area contributed by atoms with Crippen LogP contribution in [0.5, 0.6) is 0 Å². The molecule has 3 saturated heterocycles. The molecule has 1 aromatic rings. The number of nitrogens with one attached hydrogen (secondary N) is 4. The Hall–Kier alpha value is -2.46. The Labute approximate surface area is 214 Å². The molecule has 0 radical (unpaired) electrons. The molecule has 3 aliphatic heterocycles. The minimum absolute atomic E-state index is 0.0673. The van der Waals surface area contributed by atoms with Gasteiger partial charge in [0.05, 0.1) is 30.6 Å². The number of hydrogen-bond acceptors (Lipinski definition) is 7. The number of ether oxygens (including phenoxy) is 1. The van der Waals surface area contributed by atoms with Crippen LogP contribution >= 0.6 is 0 Å². The van der Waals surface area contributed by atoms with E-state index in [9.17, 15) is 23.2 Å². The van der Waals surface area contributed by atoms with Crippen molar-refractivity contribution in [2.75, 3.05) is 25.1 Å². The van der Waals surface area contributed by atoms with Crippen LogP contribution < -0.4 is 21.4 Å². The Balaban J connectivity index is 1.58. The summed E-state index contributed by atoms with van der Waals surface area (Å²) in [5.41, 5.74) is 1.93. The van der Waals surface area contributed by atoms with Crippen LogP contribution in [-0.2, 0) is 9.53 Å². The lowest BCUT2D eigenvalue weighted by Crippen LogP contribution is -2.65. The second-order valence-electron chi connectivity index (χ2n) is 11.0. The van der Waals surface area contributed by atoms with Crippen LogP contribution in [0.3, 0.4) is 0 Å². The van der Waals surface area contributed by atoms with Crippen LogP contribution in [0.15, 0.2) is 24.3 Å². The van der Waals surface area contributed by atoms with Crippen molar-refractivity contribution in [1.82, 2.24) is 21.1 Å². The summed E-state index contributed by atoms with van der Waals surface area (Å²) in [6.45, 7) is 5.60. The molecule has 4 N–H and O–H groups in total. The first kappa shape index (κ1) is 27.6. The molecule has 1 aromatic carbocycles. The molecule has 0 saturated carbocycles. The van der Waals surface area contributed by atoms with E-state index in [0.717, 1.165) is 0 Å². The van der Waals surface area contributed by atoms with Crippen molar-refractivity contribution in [2.24, 2.45) is 5.92 Å². The van der Waals surface area contributed by atoms with E-state index in [1.165, 1.54) is 24.3 Å². The molecule has 3 aliphatic rings. The number of rotatable bonds is 6. The molecule has 1 amide bonds. The summed E-state index contributed by atoms with van der Waals surface area (Å²) in [6, 6.07) is 5.78. The summed E-state index contributed by atoms with van der Waals surface area (Å²) >= 11 is 0. The maximum Gasteiger partial charge on any atom is 0.407 e. The third-order valence-electron chi connectivity index (χ3n) is 7.29. The SMILES string of the molecule is CC(C)(C)N[C@@H](c1ccc(NC2NN([C@]3(CC#N)CCOC[C@@H]3F)C3CCNC(=O)C23)cc1)C(F)(F)F. The lowest BCUT2D eigenvalue weighted by atomic mass is 9.81. The number of alkyl halides is 4. The summed E-state index contributed by atoms with van der Waals surface area (Å²) in [5.74, 6) is -0.800. The van der Waals surface area contributed by atoms with Crippen molar-refractivity contribution in [3.63, 3.8) is 0 Å². The maximum atomic E-state index is 15.3. The molecule has 0 aliphatic carbocycles. The van der Waals surface area contributed by atoms with Crippen molar-refractivity contribution in [3.8, 4) is 6.07 Å². The highest BCUT2D eigenvalue weighted by atomic mass is 19.4. The second kappa shape index (κ2) is 10.4. The lowest BCUT2D eigenvalue weighted by Gasteiger charge is -2.48. The molecule has 0 spiro atoms. The zero-order valence-electron chi connectivity index (χ0n) is 21.2. The normalized spacial score (nSPS) is 31.8. The van der Waals surface area contributed by atoms with Gasteiger partial charge in [-0.1, -0.05) is 12.1 Å². The minimum atomic E-state index is -4.48. The van der Waals surface area contributed by atoms with Gasteiger partial charge >= 0.3 is 6.18 Å². The number of nitrogens with zero attached hydrogens (tertiary/aromatic N) is 2. The van der Waals surface area contributed by atoms with Gasteiger partial charge in [0.1, 0.15) is 18.4 Å². The molecule has 0 bridgehead atoms. The summed E-state index contributed by atoms with van der Waals surface area (Å²) in [4.78, 5) is 12.9. The molecular formula is C25H34F4N6O2. The van der Waals surface area contributed by atoms with Gasteiger partial charge in [-0.25, -0.2) is 14.8 Å². The zero-order chi connectivity index (χ0) is 27.0. The van der Waals surface area contributed by atoms with E-state index in [2.05, 4.69) is 27.4 Å². The highest BCUT2D eigenvalue weighted by Gasteiger charge is 2.58. The van der Waals surface area contributed by atoms with E-state index in [-0.39, 0.29) is 30.5 Å². The lowest BCUT2D eigenvalue weighted by molar-refractivity contribution is -0.161. The molecule has 0 aromatic heterocycles. The number of piperidine rings is 1. The number of carbonyl (C=O) groups is 1. The first-order chi connectivity index (χ1) is 17.4. The standard InChI is InChI=1S/C25H34F4N6O2/c1-23(2,3)33-20(25(27,28)29)15-4-6-16(7-5-15)32-21-19-17(8-12-31-22(19)36)35(34-21)24(9-11-30)10-13-37-14-18(24)26/h4-7,17-21,32-34H,8-10,12-14H2,1-3H3,(H,31,36)/t17?,18-,19?,20-,21?,24+/m0/s1. The van der Waals surface area contributed by atoms with Crippen molar-refractivity contribution in [3.05, 3.63) is 29.8 Å². The summed E-state index contributed by atoms with van der Waals surface area (Å²) in [6.07, 6.45) is -5.77. The Morgan fingerprint density at radius 1 is 1.27 bits per heavy atom. The summed E-state index contributed by atoms with van der Waals surface area (Å²) < 4.78 is 61.8. The quantitative estimate of drug-likeness (QED) is 0.423. The number of benzene rings is 1. The number of carbonyl (C=O) groups excluding carboxylic acids is 1. The highest BCUT2D eigenvalue weighted by Crippen LogP contribution is 2.41. The first-order valence-corrected chi connectivity index (χ1v) is 12.5. The molecule has 3 unspecified atom stereocenters. The predicted molar refractivity (Wildman–Crippen MR) is 129 cm³/mol. The van der Waals surface area contributed by atoms with Crippen LogP contribution in [0, 0.1) is 17.2 Å². The summed E-state index contributed by atoms with van der Waals surface area (Å²) in [5, 5.41) is 19.9. The molecule has 4 rings (SSSR count). The minimum Gasteiger partial charge on any atom is -0.378 e. The Morgan fingerprint density at radius 2 is 1.97 bits per heavy atom.